The number of ether oxygens (including phenoxy) is 1. The molecule has 0 heterocycles. The van der Waals surface area contributed by atoms with Crippen LogP contribution < -0.4 is 5.32 Å². The zero-order valence-corrected chi connectivity index (χ0v) is 17.7. The zero-order chi connectivity index (χ0) is 22.9. The Morgan fingerprint density at radius 3 is 1.91 bits per heavy atom. The maximum Gasteiger partial charge on any atom is 0.338 e. The Labute approximate surface area is 186 Å². The minimum atomic E-state index is -0.652. The highest BCUT2D eigenvalue weighted by Gasteiger charge is 2.14. The van der Waals surface area contributed by atoms with Crippen LogP contribution in [0.5, 0.6) is 0 Å². The monoisotopic (exact) mass is 429 g/mol. The maximum atomic E-state index is 12.4. The summed E-state index contributed by atoms with van der Waals surface area (Å²) in [6, 6.07) is 21.4. The van der Waals surface area contributed by atoms with Gasteiger partial charge in [-0.15, -0.1) is 0 Å². The largest absolute Gasteiger partial charge is 0.454 e. The molecule has 6 nitrogen and oxygen atoms in total. The van der Waals surface area contributed by atoms with E-state index in [9.17, 15) is 19.2 Å². The number of carbonyl (C=O) groups excluding carboxylic acids is 4. The first-order valence-corrected chi connectivity index (χ1v) is 10.3. The quantitative estimate of drug-likeness (QED) is 0.393. The van der Waals surface area contributed by atoms with E-state index in [4.69, 9.17) is 4.74 Å². The number of esters is 1. The van der Waals surface area contributed by atoms with Crippen molar-refractivity contribution in [1.82, 2.24) is 0 Å². The minimum Gasteiger partial charge on any atom is -0.454 e. The zero-order valence-electron chi connectivity index (χ0n) is 17.7. The molecular formula is C26H23NO5. The molecule has 3 rings (SSSR count). The van der Waals surface area contributed by atoms with Crippen molar-refractivity contribution in [3.05, 3.63) is 101 Å². The van der Waals surface area contributed by atoms with Gasteiger partial charge in [-0.3, -0.25) is 14.4 Å². The van der Waals surface area contributed by atoms with Gasteiger partial charge in [0.15, 0.2) is 18.2 Å². The summed E-state index contributed by atoms with van der Waals surface area (Å²) in [4.78, 5) is 48.6. The van der Waals surface area contributed by atoms with E-state index >= 15 is 0 Å². The van der Waals surface area contributed by atoms with Crippen molar-refractivity contribution in [3.63, 3.8) is 0 Å². The molecule has 32 heavy (non-hydrogen) atoms. The number of rotatable bonds is 9. The van der Waals surface area contributed by atoms with Crippen LogP contribution in [0.2, 0.25) is 0 Å². The predicted octanol–water partition coefficient (Wildman–Crippen LogP) is 4.70. The van der Waals surface area contributed by atoms with Crippen LogP contribution in [0.4, 0.5) is 5.69 Å². The first-order chi connectivity index (χ1) is 15.5. The van der Waals surface area contributed by atoms with Crippen molar-refractivity contribution in [1.29, 1.82) is 0 Å². The fourth-order valence-electron chi connectivity index (χ4n) is 3.00. The van der Waals surface area contributed by atoms with Gasteiger partial charge in [-0.1, -0.05) is 49.4 Å². The van der Waals surface area contributed by atoms with Crippen LogP contribution >= 0.6 is 0 Å². The number of Topliss-reactive ketones (excluding diaryl/α,β-unsaturated/α-hetero) is 1. The average Bonchev–Trinajstić information content (AvgIpc) is 2.83. The summed E-state index contributed by atoms with van der Waals surface area (Å²) in [7, 11) is 0. The Morgan fingerprint density at radius 2 is 1.28 bits per heavy atom. The Morgan fingerprint density at radius 1 is 0.719 bits per heavy atom. The summed E-state index contributed by atoms with van der Waals surface area (Å²) >= 11 is 0. The lowest BCUT2D eigenvalue weighted by molar-refractivity contribution is -0.116. The third kappa shape index (κ3) is 5.98. The number of amides is 1. The second-order valence-corrected chi connectivity index (χ2v) is 7.15. The molecule has 162 valence electrons. The Kier molecular flexibility index (Phi) is 7.65. The molecule has 0 bridgehead atoms. The molecule has 0 unspecified atom stereocenters. The molecule has 0 saturated heterocycles. The van der Waals surface area contributed by atoms with E-state index in [1.807, 2.05) is 13.0 Å². The summed E-state index contributed by atoms with van der Waals surface area (Å²) in [6.45, 7) is 1.51. The standard InChI is InChI=1S/C26H23NO5/c1-2-6-24(29)27-22-15-13-18(14-16-22)23(28)17-32-26(31)21-11-9-20(10-12-21)25(30)19-7-4-3-5-8-19/h3-5,7-16H,2,6,17H2,1H3,(H,27,29). The number of hydrogen-bond donors (Lipinski definition) is 1. The lowest BCUT2D eigenvalue weighted by atomic mass is 10.0. The highest BCUT2D eigenvalue weighted by Crippen LogP contribution is 2.13. The molecule has 0 aliphatic heterocycles. The SMILES string of the molecule is CCCC(=O)Nc1ccc(C(=O)COC(=O)c2ccc(C(=O)c3ccccc3)cc2)cc1. The topological polar surface area (TPSA) is 89.5 Å². The first kappa shape index (κ1) is 22.6. The summed E-state index contributed by atoms with van der Waals surface area (Å²) < 4.78 is 5.11. The molecule has 0 aliphatic carbocycles. The van der Waals surface area contributed by atoms with Crippen LogP contribution in [0.15, 0.2) is 78.9 Å². The van der Waals surface area contributed by atoms with Gasteiger partial charge in [0.2, 0.25) is 5.91 Å². The number of ketones is 2. The fraction of sp³-hybridized carbons (Fsp3) is 0.154. The van der Waals surface area contributed by atoms with Gasteiger partial charge in [0.05, 0.1) is 5.56 Å². The summed E-state index contributed by atoms with van der Waals surface area (Å²) in [6.07, 6.45) is 1.18. The number of carbonyl (C=O) groups is 4. The molecular weight excluding hydrogens is 406 g/mol. The minimum absolute atomic E-state index is 0.0861. The van der Waals surface area contributed by atoms with E-state index in [1.165, 1.54) is 12.1 Å². The Balaban J connectivity index is 1.54. The van der Waals surface area contributed by atoms with E-state index in [2.05, 4.69) is 5.32 Å². The van der Waals surface area contributed by atoms with Crippen molar-refractivity contribution in [3.8, 4) is 0 Å². The van der Waals surface area contributed by atoms with Gasteiger partial charge in [-0.2, -0.15) is 0 Å². The molecule has 3 aromatic carbocycles. The first-order valence-electron chi connectivity index (χ1n) is 10.3. The number of benzene rings is 3. The van der Waals surface area contributed by atoms with Crippen molar-refractivity contribution < 1.29 is 23.9 Å². The van der Waals surface area contributed by atoms with Crippen LogP contribution in [0.25, 0.3) is 0 Å². The van der Waals surface area contributed by atoms with Gasteiger partial charge in [-0.25, -0.2) is 4.79 Å². The molecule has 0 fully saturated rings. The summed E-state index contributed by atoms with van der Waals surface area (Å²) in [5.41, 5.74) is 2.23. The van der Waals surface area contributed by atoms with Crippen LogP contribution in [-0.2, 0) is 9.53 Å². The van der Waals surface area contributed by atoms with Gasteiger partial charge in [-0.05, 0) is 42.8 Å². The highest BCUT2D eigenvalue weighted by atomic mass is 16.5. The second kappa shape index (κ2) is 10.8. The lowest BCUT2D eigenvalue weighted by Gasteiger charge is -2.07. The Hall–Kier alpha value is -4.06. The smallest absolute Gasteiger partial charge is 0.338 e. The normalized spacial score (nSPS) is 10.3. The number of anilines is 1. The van der Waals surface area contributed by atoms with Gasteiger partial charge in [0, 0.05) is 28.8 Å². The average molecular weight is 429 g/mol. The van der Waals surface area contributed by atoms with Gasteiger partial charge < -0.3 is 10.1 Å². The van der Waals surface area contributed by atoms with E-state index in [1.54, 1.807) is 60.7 Å². The summed E-state index contributed by atoms with van der Waals surface area (Å²) in [5, 5.41) is 2.74. The second-order valence-electron chi connectivity index (χ2n) is 7.15. The third-order valence-electron chi connectivity index (χ3n) is 4.72. The molecule has 0 aromatic heterocycles. The number of nitrogens with one attached hydrogen (secondary N) is 1. The van der Waals surface area contributed by atoms with Crippen molar-refractivity contribution in [2.75, 3.05) is 11.9 Å². The number of hydrogen-bond acceptors (Lipinski definition) is 5. The van der Waals surface area contributed by atoms with E-state index in [0.29, 0.717) is 28.8 Å². The Bertz CT molecular complexity index is 1100. The van der Waals surface area contributed by atoms with Crippen LogP contribution in [0.1, 0.15) is 56.4 Å². The molecule has 0 spiro atoms. The predicted molar refractivity (Wildman–Crippen MR) is 121 cm³/mol. The third-order valence-corrected chi connectivity index (χ3v) is 4.72. The fourth-order valence-corrected chi connectivity index (χ4v) is 3.00. The molecule has 0 saturated carbocycles. The lowest BCUT2D eigenvalue weighted by Crippen LogP contribution is -2.15. The van der Waals surface area contributed by atoms with Gasteiger partial charge >= 0.3 is 5.97 Å². The van der Waals surface area contributed by atoms with Gasteiger partial charge in [0.1, 0.15) is 0 Å². The van der Waals surface area contributed by atoms with Crippen molar-refractivity contribution in [2.45, 2.75) is 19.8 Å². The van der Waals surface area contributed by atoms with Crippen molar-refractivity contribution >= 4 is 29.1 Å². The van der Waals surface area contributed by atoms with Crippen LogP contribution in [0.3, 0.4) is 0 Å². The van der Waals surface area contributed by atoms with Crippen LogP contribution in [-0.4, -0.2) is 30.0 Å². The molecule has 3 aromatic rings. The van der Waals surface area contributed by atoms with E-state index in [0.717, 1.165) is 6.42 Å². The van der Waals surface area contributed by atoms with Crippen molar-refractivity contribution in [2.24, 2.45) is 0 Å². The van der Waals surface area contributed by atoms with E-state index < -0.39 is 12.6 Å². The van der Waals surface area contributed by atoms with Crippen LogP contribution in [0, 0.1) is 0 Å². The molecule has 0 atom stereocenters. The molecule has 0 aliphatic rings. The molecule has 6 heteroatoms. The molecule has 1 N–H and O–H groups in total. The van der Waals surface area contributed by atoms with E-state index in [-0.39, 0.29) is 23.0 Å². The highest BCUT2D eigenvalue weighted by molar-refractivity contribution is 6.09. The van der Waals surface area contributed by atoms with Gasteiger partial charge in [0.25, 0.3) is 0 Å². The maximum absolute atomic E-state index is 12.4. The molecule has 0 radical (unpaired) electrons. The molecule has 1 amide bonds. The summed E-state index contributed by atoms with van der Waals surface area (Å²) in [5.74, 6) is -1.24.